The molecule has 3 rings (SSSR count). The Balaban J connectivity index is 1.74. The molecule has 0 radical (unpaired) electrons. The zero-order chi connectivity index (χ0) is 19.4. The van der Waals surface area contributed by atoms with Gasteiger partial charge in [-0.3, -0.25) is 24.9 Å². The number of anilines is 1. The van der Waals surface area contributed by atoms with Crippen LogP contribution in [-0.2, 0) is 14.4 Å². The molecule has 1 aliphatic carbocycles. The molecule has 9 nitrogen and oxygen atoms in total. The van der Waals surface area contributed by atoms with Gasteiger partial charge in [0.15, 0.2) is 0 Å². The number of hydrogen-bond acceptors (Lipinski definition) is 6. The number of aromatic nitrogens is 1. The zero-order valence-corrected chi connectivity index (χ0v) is 15.5. The smallest absolute Gasteiger partial charge is 0.249 e. The van der Waals surface area contributed by atoms with Gasteiger partial charge in [-0.2, -0.15) is 0 Å². The van der Waals surface area contributed by atoms with Crippen molar-refractivity contribution in [3.8, 4) is 0 Å². The number of carbonyl (C=O) groups is 3. The summed E-state index contributed by atoms with van der Waals surface area (Å²) in [5.41, 5.74) is 0.0257. The predicted octanol–water partition coefficient (Wildman–Crippen LogP) is 1.65. The van der Waals surface area contributed by atoms with E-state index in [1.54, 1.807) is 11.0 Å². The minimum atomic E-state index is -0.586. The van der Waals surface area contributed by atoms with Crippen LogP contribution in [-0.4, -0.2) is 57.7 Å². The van der Waals surface area contributed by atoms with E-state index in [4.69, 9.17) is 4.52 Å². The molecule has 2 heterocycles. The van der Waals surface area contributed by atoms with Gasteiger partial charge in [0, 0.05) is 12.6 Å². The fourth-order valence-electron chi connectivity index (χ4n) is 3.79. The van der Waals surface area contributed by atoms with E-state index in [2.05, 4.69) is 10.5 Å². The summed E-state index contributed by atoms with van der Waals surface area (Å²) in [4.78, 5) is 38.4. The summed E-state index contributed by atoms with van der Waals surface area (Å²) in [7, 11) is 0. The van der Waals surface area contributed by atoms with Gasteiger partial charge in [-0.25, -0.2) is 5.06 Å². The van der Waals surface area contributed by atoms with E-state index in [0.717, 1.165) is 25.7 Å². The third kappa shape index (κ3) is 4.47. The minimum absolute atomic E-state index is 0.0257. The van der Waals surface area contributed by atoms with E-state index in [0.29, 0.717) is 30.9 Å². The van der Waals surface area contributed by atoms with Gasteiger partial charge < -0.3 is 9.42 Å². The Morgan fingerprint density at radius 1 is 1.56 bits per heavy atom. The monoisotopic (exact) mass is 378 g/mol. The van der Waals surface area contributed by atoms with Crippen molar-refractivity contribution in [1.82, 2.24) is 15.1 Å². The normalized spacial score (nSPS) is 21.1. The van der Waals surface area contributed by atoms with Gasteiger partial charge in [-0.15, -0.1) is 0 Å². The first-order valence-corrected chi connectivity index (χ1v) is 9.41. The maximum atomic E-state index is 13.2. The highest BCUT2D eigenvalue weighted by Gasteiger charge is 2.55. The molecular formula is C18H26N4O5. The van der Waals surface area contributed by atoms with Crippen LogP contribution < -0.4 is 5.32 Å². The van der Waals surface area contributed by atoms with Crippen LogP contribution in [0.2, 0.25) is 0 Å². The van der Waals surface area contributed by atoms with Crippen molar-refractivity contribution in [1.29, 1.82) is 0 Å². The van der Waals surface area contributed by atoms with Crippen molar-refractivity contribution in [2.24, 2.45) is 11.3 Å². The first-order valence-electron chi connectivity index (χ1n) is 9.41. The van der Waals surface area contributed by atoms with Crippen LogP contribution in [0.25, 0.3) is 0 Å². The number of amides is 3. The highest BCUT2D eigenvalue weighted by Crippen LogP contribution is 2.55. The van der Waals surface area contributed by atoms with Gasteiger partial charge in [0.2, 0.25) is 24.1 Å². The molecule has 148 valence electrons. The lowest BCUT2D eigenvalue weighted by atomic mass is 9.99. The number of likely N-dealkylation sites (tertiary alicyclic amines) is 1. The summed E-state index contributed by atoms with van der Waals surface area (Å²) < 4.78 is 4.93. The van der Waals surface area contributed by atoms with E-state index in [-0.39, 0.29) is 29.7 Å². The Morgan fingerprint density at radius 2 is 2.33 bits per heavy atom. The maximum Gasteiger partial charge on any atom is 0.249 e. The molecule has 9 heteroatoms. The molecule has 2 N–H and O–H groups in total. The third-order valence-electron chi connectivity index (χ3n) is 5.52. The summed E-state index contributed by atoms with van der Waals surface area (Å²) in [5.74, 6) is -0.774. The van der Waals surface area contributed by atoms with Gasteiger partial charge in [-0.1, -0.05) is 24.9 Å². The highest BCUT2D eigenvalue weighted by molar-refractivity contribution is 5.97. The van der Waals surface area contributed by atoms with Crippen LogP contribution in [0.15, 0.2) is 16.8 Å². The number of hydrogen-bond donors (Lipinski definition) is 2. The van der Waals surface area contributed by atoms with Crippen LogP contribution >= 0.6 is 0 Å². The molecule has 1 saturated heterocycles. The second kappa shape index (κ2) is 8.08. The Labute approximate surface area is 157 Å². The SMILES string of the molecule is CCCC[C@H](CN(O)C=O)C(=O)N1CC2(CC2)CC1C(=O)Nc1ccno1. The second-order valence-electron chi connectivity index (χ2n) is 7.62. The lowest BCUT2D eigenvalue weighted by molar-refractivity contribution is -0.157. The fraction of sp³-hybridized carbons (Fsp3) is 0.667. The van der Waals surface area contributed by atoms with E-state index in [1.807, 2.05) is 6.92 Å². The van der Waals surface area contributed by atoms with Crippen molar-refractivity contribution in [3.63, 3.8) is 0 Å². The summed E-state index contributed by atoms with van der Waals surface area (Å²) in [5, 5.41) is 16.3. The number of rotatable bonds is 9. The zero-order valence-electron chi connectivity index (χ0n) is 15.5. The molecule has 1 unspecified atom stereocenters. The van der Waals surface area contributed by atoms with Crippen LogP contribution in [0.1, 0.15) is 45.4 Å². The van der Waals surface area contributed by atoms with Crippen LogP contribution in [0.3, 0.4) is 0 Å². The van der Waals surface area contributed by atoms with Gasteiger partial charge in [0.05, 0.1) is 18.7 Å². The summed E-state index contributed by atoms with van der Waals surface area (Å²) >= 11 is 0. The van der Waals surface area contributed by atoms with Gasteiger partial charge in [-0.05, 0) is 31.1 Å². The van der Waals surface area contributed by atoms with Crippen LogP contribution in [0, 0.1) is 11.3 Å². The molecule has 1 aromatic rings. The molecule has 0 bridgehead atoms. The fourth-order valence-corrected chi connectivity index (χ4v) is 3.79. The van der Waals surface area contributed by atoms with Gasteiger partial charge in [0.25, 0.3) is 0 Å². The van der Waals surface area contributed by atoms with E-state index in [1.165, 1.54) is 6.20 Å². The lowest BCUT2D eigenvalue weighted by Gasteiger charge is -2.29. The largest absolute Gasteiger partial charge is 0.338 e. The Morgan fingerprint density at radius 3 is 2.93 bits per heavy atom. The standard InChI is InChI=1S/C18H26N4O5/c1-2-3-4-13(10-21(26)12-23)17(25)22-11-18(6-7-18)9-14(22)16(24)20-15-5-8-19-27-15/h5,8,12-14,26H,2-4,6-7,9-11H2,1H3,(H,20,24)/t13-,14?/m1/s1. The maximum absolute atomic E-state index is 13.2. The quantitative estimate of drug-likeness (QED) is 0.383. The Bertz CT molecular complexity index is 673. The topological polar surface area (TPSA) is 116 Å². The molecule has 2 atom stereocenters. The predicted molar refractivity (Wildman–Crippen MR) is 94.5 cm³/mol. The van der Waals surface area contributed by atoms with Crippen LogP contribution in [0.4, 0.5) is 5.88 Å². The van der Waals surface area contributed by atoms with Crippen molar-refractivity contribution < 1.29 is 24.1 Å². The molecule has 2 aliphatic rings. The molecule has 0 aromatic carbocycles. The average molecular weight is 378 g/mol. The summed E-state index contributed by atoms with van der Waals surface area (Å²) in [6.45, 7) is 2.48. The minimum Gasteiger partial charge on any atom is -0.338 e. The third-order valence-corrected chi connectivity index (χ3v) is 5.52. The number of unbranched alkanes of at least 4 members (excludes halogenated alkanes) is 1. The van der Waals surface area contributed by atoms with E-state index < -0.39 is 12.0 Å². The van der Waals surface area contributed by atoms with E-state index >= 15 is 0 Å². The highest BCUT2D eigenvalue weighted by atomic mass is 16.5. The molecule has 1 spiro atoms. The van der Waals surface area contributed by atoms with Crippen molar-refractivity contribution in [2.45, 2.75) is 51.5 Å². The molecule has 2 fully saturated rings. The number of carbonyl (C=O) groups excluding carboxylic acids is 3. The second-order valence-corrected chi connectivity index (χ2v) is 7.62. The van der Waals surface area contributed by atoms with Crippen molar-refractivity contribution in [2.75, 3.05) is 18.4 Å². The lowest BCUT2D eigenvalue weighted by Crippen LogP contribution is -2.47. The van der Waals surface area contributed by atoms with Gasteiger partial charge in [0.1, 0.15) is 6.04 Å². The first-order chi connectivity index (χ1) is 13.0. The average Bonchev–Trinajstić information content (AvgIpc) is 3.05. The number of nitrogens with one attached hydrogen (secondary N) is 1. The summed E-state index contributed by atoms with van der Waals surface area (Å²) in [6, 6.07) is 0.960. The Hall–Kier alpha value is -2.42. The van der Waals surface area contributed by atoms with E-state index in [9.17, 15) is 19.6 Å². The summed E-state index contributed by atoms with van der Waals surface area (Å²) in [6.07, 6.45) is 6.62. The molecule has 1 aliphatic heterocycles. The van der Waals surface area contributed by atoms with Gasteiger partial charge >= 0.3 is 0 Å². The molecular weight excluding hydrogens is 352 g/mol. The first kappa shape index (κ1) is 19.3. The Kier molecular flexibility index (Phi) is 5.79. The van der Waals surface area contributed by atoms with Crippen molar-refractivity contribution in [3.05, 3.63) is 12.3 Å². The molecule has 3 amide bonds. The van der Waals surface area contributed by atoms with Crippen molar-refractivity contribution >= 4 is 24.1 Å². The van der Waals surface area contributed by atoms with Crippen LogP contribution in [0.5, 0.6) is 0 Å². The molecule has 1 saturated carbocycles. The number of nitrogens with zero attached hydrogens (tertiary/aromatic N) is 3. The number of hydroxylamine groups is 2. The molecule has 27 heavy (non-hydrogen) atoms. The molecule has 1 aromatic heterocycles.